The van der Waals surface area contributed by atoms with Gasteiger partial charge in [-0.2, -0.15) is 0 Å². The third-order valence-corrected chi connectivity index (χ3v) is 3.61. The topological polar surface area (TPSA) is 72.3 Å². The van der Waals surface area contributed by atoms with Crippen LogP contribution in [0, 0.1) is 0 Å². The van der Waals surface area contributed by atoms with Crippen LogP contribution in [0.1, 0.15) is 44.6 Å². The van der Waals surface area contributed by atoms with Crippen molar-refractivity contribution in [1.82, 2.24) is 9.97 Å². The molecule has 0 saturated heterocycles. The van der Waals surface area contributed by atoms with Crippen molar-refractivity contribution in [1.29, 1.82) is 0 Å². The lowest BCUT2D eigenvalue weighted by molar-refractivity contribution is -0.137. The number of carboxylic acid groups (broad SMARTS) is 1. The molecule has 2 aromatic rings. The molecule has 0 aliphatic carbocycles. The summed E-state index contributed by atoms with van der Waals surface area (Å²) in [7, 11) is 0. The van der Waals surface area contributed by atoms with Crippen LogP contribution in [0.2, 0.25) is 0 Å². The molecule has 0 radical (unpaired) electrons. The van der Waals surface area contributed by atoms with E-state index in [9.17, 15) is 4.79 Å². The SMILES string of the molecule is CCCCOc1cnc(-c2ccc(C(C)CC(=O)O)cc2)nc1. The number of rotatable bonds is 8. The number of carbonyl (C=O) groups is 1. The van der Waals surface area contributed by atoms with E-state index < -0.39 is 5.97 Å². The summed E-state index contributed by atoms with van der Waals surface area (Å²) >= 11 is 0. The molecule has 122 valence electrons. The first kappa shape index (κ1) is 16.9. The van der Waals surface area contributed by atoms with Crippen LogP contribution >= 0.6 is 0 Å². The Kier molecular flexibility index (Phi) is 6.09. The highest BCUT2D eigenvalue weighted by atomic mass is 16.5. The van der Waals surface area contributed by atoms with Gasteiger partial charge >= 0.3 is 5.97 Å². The molecular weight excluding hydrogens is 292 g/mol. The summed E-state index contributed by atoms with van der Waals surface area (Å²) in [4.78, 5) is 19.4. The van der Waals surface area contributed by atoms with Gasteiger partial charge < -0.3 is 9.84 Å². The van der Waals surface area contributed by atoms with Crippen molar-refractivity contribution in [3.05, 3.63) is 42.2 Å². The van der Waals surface area contributed by atoms with E-state index in [-0.39, 0.29) is 12.3 Å². The molecule has 1 atom stereocenters. The molecule has 0 aliphatic rings. The van der Waals surface area contributed by atoms with Crippen LogP contribution in [-0.2, 0) is 4.79 Å². The average Bonchev–Trinajstić information content (AvgIpc) is 2.55. The summed E-state index contributed by atoms with van der Waals surface area (Å²) in [5, 5.41) is 8.85. The molecule has 5 nitrogen and oxygen atoms in total. The minimum Gasteiger partial charge on any atom is -0.490 e. The van der Waals surface area contributed by atoms with Crippen molar-refractivity contribution >= 4 is 5.97 Å². The Balaban J connectivity index is 2.03. The molecule has 5 heteroatoms. The monoisotopic (exact) mass is 314 g/mol. The minimum atomic E-state index is -0.788. The maximum Gasteiger partial charge on any atom is 0.303 e. The second-order valence-corrected chi connectivity index (χ2v) is 5.57. The van der Waals surface area contributed by atoms with Gasteiger partial charge in [-0.15, -0.1) is 0 Å². The number of ether oxygens (including phenoxy) is 1. The van der Waals surface area contributed by atoms with Crippen LogP contribution < -0.4 is 4.74 Å². The van der Waals surface area contributed by atoms with E-state index in [4.69, 9.17) is 9.84 Å². The first-order valence-corrected chi connectivity index (χ1v) is 7.87. The van der Waals surface area contributed by atoms with Crippen molar-refractivity contribution in [2.24, 2.45) is 0 Å². The Morgan fingerprint density at radius 2 is 1.87 bits per heavy atom. The smallest absolute Gasteiger partial charge is 0.303 e. The molecule has 0 bridgehead atoms. The second-order valence-electron chi connectivity index (χ2n) is 5.57. The molecule has 1 aromatic carbocycles. The van der Waals surface area contributed by atoms with Crippen molar-refractivity contribution in [3.63, 3.8) is 0 Å². The zero-order valence-corrected chi connectivity index (χ0v) is 13.5. The summed E-state index contributed by atoms with van der Waals surface area (Å²) in [6.45, 7) is 4.70. The van der Waals surface area contributed by atoms with Gasteiger partial charge in [-0.1, -0.05) is 44.5 Å². The highest BCUT2D eigenvalue weighted by Crippen LogP contribution is 2.23. The van der Waals surface area contributed by atoms with Crippen molar-refractivity contribution in [2.75, 3.05) is 6.61 Å². The minimum absolute atomic E-state index is 0.0168. The largest absolute Gasteiger partial charge is 0.490 e. The van der Waals surface area contributed by atoms with Crippen LogP contribution in [0.25, 0.3) is 11.4 Å². The van der Waals surface area contributed by atoms with Gasteiger partial charge in [0.2, 0.25) is 0 Å². The maximum absolute atomic E-state index is 10.8. The third kappa shape index (κ3) is 5.06. The molecule has 1 N–H and O–H groups in total. The van der Waals surface area contributed by atoms with E-state index in [1.54, 1.807) is 12.4 Å². The Hall–Kier alpha value is -2.43. The summed E-state index contributed by atoms with van der Waals surface area (Å²) in [6.07, 6.45) is 5.58. The van der Waals surface area contributed by atoms with Gasteiger partial charge in [0.1, 0.15) is 0 Å². The average molecular weight is 314 g/mol. The summed E-state index contributed by atoms with van der Waals surface area (Å²) in [5.74, 6) is 0.500. The zero-order valence-electron chi connectivity index (χ0n) is 13.5. The highest BCUT2D eigenvalue weighted by molar-refractivity contribution is 5.68. The van der Waals surface area contributed by atoms with Gasteiger partial charge in [0.25, 0.3) is 0 Å². The van der Waals surface area contributed by atoms with Crippen LogP contribution in [-0.4, -0.2) is 27.7 Å². The zero-order chi connectivity index (χ0) is 16.7. The molecular formula is C18H22N2O3. The molecule has 0 saturated carbocycles. The molecule has 1 aromatic heterocycles. The Labute approximate surface area is 136 Å². The van der Waals surface area contributed by atoms with E-state index in [1.807, 2.05) is 31.2 Å². The molecule has 0 amide bonds. The summed E-state index contributed by atoms with van der Waals surface area (Å²) in [6, 6.07) is 7.69. The number of carboxylic acids is 1. The van der Waals surface area contributed by atoms with Crippen LogP contribution in [0.3, 0.4) is 0 Å². The lowest BCUT2D eigenvalue weighted by atomic mass is 9.97. The Bertz CT molecular complexity index is 624. The fraction of sp³-hybridized carbons (Fsp3) is 0.389. The first-order valence-electron chi connectivity index (χ1n) is 7.87. The highest BCUT2D eigenvalue weighted by Gasteiger charge is 2.10. The lowest BCUT2D eigenvalue weighted by Crippen LogP contribution is -2.02. The number of nitrogens with zero attached hydrogens (tertiary/aromatic N) is 2. The fourth-order valence-electron chi connectivity index (χ4n) is 2.21. The van der Waals surface area contributed by atoms with E-state index in [1.165, 1.54) is 0 Å². The van der Waals surface area contributed by atoms with Crippen LogP contribution in [0.4, 0.5) is 0 Å². The predicted octanol–water partition coefficient (Wildman–Crippen LogP) is 3.90. The number of benzene rings is 1. The summed E-state index contributed by atoms with van der Waals surface area (Å²) < 4.78 is 5.54. The number of hydrogen-bond acceptors (Lipinski definition) is 4. The van der Waals surface area contributed by atoms with Gasteiger partial charge in [-0.25, -0.2) is 9.97 Å². The molecule has 1 unspecified atom stereocenters. The van der Waals surface area contributed by atoms with Gasteiger partial charge in [0.05, 0.1) is 25.4 Å². The molecule has 0 spiro atoms. The number of aromatic nitrogens is 2. The third-order valence-electron chi connectivity index (χ3n) is 3.61. The van der Waals surface area contributed by atoms with Crippen molar-refractivity contribution < 1.29 is 14.6 Å². The number of unbranched alkanes of at least 4 members (excludes halogenated alkanes) is 1. The molecule has 23 heavy (non-hydrogen) atoms. The summed E-state index contributed by atoms with van der Waals surface area (Å²) in [5.41, 5.74) is 1.90. The second kappa shape index (κ2) is 8.27. The number of aliphatic carboxylic acids is 1. The van der Waals surface area contributed by atoms with Gasteiger partial charge in [-0.3, -0.25) is 4.79 Å². The number of hydrogen-bond donors (Lipinski definition) is 1. The molecule has 2 rings (SSSR count). The van der Waals surface area contributed by atoms with Gasteiger partial charge in [0, 0.05) is 5.56 Å². The van der Waals surface area contributed by atoms with Crippen molar-refractivity contribution in [2.45, 2.75) is 39.0 Å². The van der Waals surface area contributed by atoms with Crippen LogP contribution in [0.15, 0.2) is 36.7 Å². The lowest BCUT2D eigenvalue weighted by Gasteiger charge is -2.10. The van der Waals surface area contributed by atoms with E-state index in [0.29, 0.717) is 18.2 Å². The standard InChI is InChI=1S/C18H22N2O3/c1-3-4-9-23-16-11-19-18(20-12-16)15-7-5-14(6-8-15)13(2)10-17(21)22/h5-8,11-13H,3-4,9-10H2,1-2H3,(H,21,22). The maximum atomic E-state index is 10.8. The van der Waals surface area contributed by atoms with Gasteiger partial charge in [-0.05, 0) is 17.9 Å². The van der Waals surface area contributed by atoms with Crippen molar-refractivity contribution in [3.8, 4) is 17.1 Å². The Morgan fingerprint density at radius 1 is 1.22 bits per heavy atom. The quantitative estimate of drug-likeness (QED) is 0.748. The first-order chi connectivity index (χ1) is 11.1. The van der Waals surface area contributed by atoms with E-state index in [2.05, 4.69) is 16.9 Å². The molecule has 0 aliphatic heterocycles. The predicted molar refractivity (Wildman–Crippen MR) is 88.5 cm³/mol. The molecule has 1 heterocycles. The van der Waals surface area contributed by atoms with E-state index >= 15 is 0 Å². The van der Waals surface area contributed by atoms with E-state index in [0.717, 1.165) is 24.0 Å². The van der Waals surface area contributed by atoms with Crippen LogP contribution in [0.5, 0.6) is 5.75 Å². The fourth-order valence-corrected chi connectivity index (χ4v) is 2.21. The normalized spacial score (nSPS) is 11.9. The Morgan fingerprint density at radius 3 is 2.43 bits per heavy atom. The molecule has 0 fully saturated rings. The van der Waals surface area contributed by atoms with Gasteiger partial charge in [0.15, 0.2) is 11.6 Å².